The molecule has 0 atom stereocenters. The van der Waals surface area contributed by atoms with E-state index in [0.29, 0.717) is 17.6 Å². The predicted octanol–water partition coefficient (Wildman–Crippen LogP) is 2.97. The van der Waals surface area contributed by atoms with E-state index >= 15 is 0 Å². The van der Waals surface area contributed by atoms with Crippen molar-refractivity contribution in [3.63, 3.8) is 0 Å². The highest BCUT2D eigenvalue weighted by atomic mass is 79.9. The van der Waals surface area contributed by atoms with Gasteiger partial charge < -0.3 is 4.74 Å². The Labute approximate surface area is 120 Å². The Kier molecular flexibility index (Phi) is 4.23. The number of nitro benzene ring substituents is 1. The van der Waals surface area contributed by atoms with Crippen molar-refractivity contribution in [2.24, 2.45) is 0 Å². The van der Waals surface area contributed by atoms with Crippen molar-refractivity contribution in [1.29, 1.82) is 0 Å². The smallest absolute Gasteiger partial charge is 0.283 e. The molecule has 1 aromatic rings. The number of rotatable bonds is 3. The lowest BCUT2D eigenvalue weighted by atomic mass is 10.1. The van der Waals surface area contributed by atoms with Crippen molar-refractivity contribution in [2.45, 2.75) is 26.0 Å². The summed E-state index contributed by atoms with van der Waals surface area (Å²) in [4.78, 5) is 12.8. The highest BCUT2D eigenvalue weighted by molar-refractivity contribution is 9.10. The second kappa shape index (κ2) is 5.56. The summed E-state index contributed by atoms with van der Waals surface area (Å²) in [5.74, 6) is 0. The molecule has 1 aliphatic heterocycles. The Bertz CT molecular complexity index is 491. The lowest BCUT2D eigenvalue weighted by Gasteiger charge is -2.38. The van der Waals surface area contributed by atoms with Crippen molar-refractivity contribution in [3.05, 3.63) is 38.3 Å². The standard InChI is InChI=1S/C13H17BrN2O3/c1-13(2)9-15(6-7-19-13)8-10-4-3-5-11(12(10)14)16(17)18/h3-5H,6-9H2,1-2H3. The predicted molar refractivity (Wildman–Crippen MR) is 76.1 cm³/mol. The van der Waals surface area contributed by atoms with Gasteiger partial charge in [-0.3, -0.25) is 15.0 Å². The van der Waals surface area contributed by atoms with E-state index in [-0.39, 0.29) is 16.2 Å². The number of halogens is 1. The molecule has 6 heteroatoms. The lowest BCUT2D eigenvalue weighted by molar-refractivity contribution is -0.385. The van der Waals surface area contributed by atoms with Gasteiger partial charge in [-0.1, -0.05) is 12.1 Å². The zero-order valence-electron chi connectivity index (χ0n) is 11.1. The van der Waals surface area contributed by atoms with E-state index in [9.17, 15) is 10.1 Å². The van der Waals surface area contributed by atoms with E-state index in [1.165, 1.54) is 6.07 Å². The van der Waals surface area contributed by atoms with Gasteiger partial charge in [0.1, 0.15) is 0 Å². The van der Waals surface area contributed by atoms with Crippen LogP contribution < -0.4 is 0 Å². The molecule has 0 N–H and O–H groups in total. The minimum Gasteiger partial charge on any atom is -0.373 e. The van der Waals surface area contributed by atoms with Gasteiger partial charge in [0.2, 0.25) is 0 Å². The number of ether oxygens (including phenoxy) is 1. The number of nitrogens with zero attached hydrogens (tertiary/aromatic N) is 2. The number of hydrogen-bond acceptors (Lipinski definition) is 4. The van der Waals surface area contributed by atoms with Crippen LogP contribution in [0.25, 0.3) is 0 Å². The van der Waals surface area contributed by atoms with Crippen LogP contribution in [0, 0.1) is 10.1 Å². The van der Waals surface area contributed by atoms with Crippen molar-refractivity contribution in [1.82, 2.24) is 4.90 Å². The van der Waals surface area contributed by atoms with Gasteiger partial charge in [-0.25, -0.2) is 0 Å². The third-order valence-electron chi connectivity index (χ3n) is 3.15. The first kappa shape index (κ1) is 14.4. The molecule has 1 fully saturated rings. The molecule has 0 spiro atoms. The van der Waals surface area contributed by atoms with E-state index in [2.05, 4.69) is 34.7 Å². The molecule has 1 aromatic carbocycles. The van der Waals surface area contributed by atoms with Crippen LogP contribution >= 0.6 is 15.9 Å². The first-order valence-electron chi connectivity index (χ1n) is 6.17. The largest absolute Gasteiger partial charge is 0.373 e. The van der Waals surface area contributed by atoms with Gasteiger partial charge >= 0.3 is 0 Å². The van der Waals surface area contributed by atoms with Gasteiger partial charge in [-0.15, -0.1) is 0 Å². The van der Waals surface area contributed by atoms with Crippen LogP contribution in [0.15, 0.2) is 22.7 Å². The van der Waals surface area contributed by atoms with Crippen LogP contribution in [0.2, 0.25) is 0 Å². The summed E-state index contributed by atoms with van der Waals surface area (Å²) in [6.07, 6.45) is 0. The maximum Gasteiger partial charge on any atom is 0.283 e. The molecular weight excluding hydrogens is 312 g/mol. The summed E-state index contributed by atoms with van der Waals surface area (Å²) in [6, 6.07) is 5.15. The molecule has 0 amide bonds. The Morgan fingerprint density at radius 2 is 2.26 bits per heavy atom. The molecule has 2 rings (SSSR count). The summed E-state index contributed by atoms with van der Waals surface area (Å²) in [5.41, 5.74) is 0.891. The molecule has 0 aromatic heterocycles. The quantitative estimate of drug-likeness (QED) is 0.632. The first-order valence-corrected chi connectivity index (χ1v) is 6.96. The minimum atomic E-state index is -0.364. The number of morpholine rings is 1. The molecule has 0 unspecified atom stereocenters. The molecule has 1 aliphatic rings. The Morgan fingerprint density at radius 3 is 2.89 bits per heavy atom. The van der Waals surface area contributed by atoms with Gasteiger partial charge in [-0.2, -0.15) is 0 Å². The van der Waals surface area contributed by atoms with E-state index in [1.54, 1.807) is 6.07 Å². The molecule has 1 heterocycles. The molecule has 0 saturated carbocycles. The van der Waals surface area contributed by atoms with Gasteiger partial charge in [0.05, 0.1) is 21.6 Å². The molecule has 5 nitrogen and oxygen atoms in total. The second-order valence-corrected chi connectivity index (χ2v) is 6.12. The molecular formula is C13H17BrN2O3. The summed E-state index contributed by atoms with van der Waals surface area (Å²) in [6.45, 7) is 7.17. The SMILES string of the molecule is CC1(C)CN(Cc2cccc([N+](=O)[O-])c2Br)CCO1. The van der Waals surface area contributed by atoms with Crippen LogP contribution in [-0.2, 0) is 11.3 Å². The van der Waals surface area contributed by atoms with Gasteiger partial charge in [0, 0.05) is 25.7 Å². The third kappa shape index (κ3) is 3.52. The first-order chi connectivity index (χ1) is 8.89. The molecule has 0 bridgehead atoms. The fourth-order valence-electron chi connectivity index (χ4n) is 2.32. The zero-order chi connectivity index (χ0) is 14.0. The summed E-state index contributed by atoms with van der Waals surface area (Å²) in [5, 5.41) is 10.9. The lowest BCUT2D eigenvalue weighted by Crippen LogP contribution is -2.47. The van der Waals surface area contributed by atoms with Gasteiger partial charge in [0.25, 0.3) is 5.69 Å². The van der Waals surface area contributed by atoms with Crippen LogP contribution in [0.3, 0.4) is 0 Å². The Hall–Kier alpha value is -0.980. The molecule has 0 radical (unpaired) electrons. The molecule has 19 heavy (non-hydrogen) atoms. The van der Waals surface area contributed by atoms with Gasteiger partial charge in [0.15, 0.2) is 0 Å². The highest BCUT2D eigenvalue weighted by Gasteiger charge is 2.28. The van der Waals surface area contributed by atoms with E-state index < -0.39 is 0 Å². The summed E-state index contributed by atoms with van der Waals surface area (Å²) in [7, 11) is 0. The van der Waals surface area contributed by atoms with Crippen molar-refractivity contribution in [3.8, 4) is 0 Å². The van der Waals surface area contributed by atoms with Crippen LogP contribution in [0.4, 0.5) is 5.69 Å². The average Bonchev–Trinajstić information content (AvgIpc) is 2.30. The van der Waals surface area contributed by atoms with Crippen LogP contribution in [0.5, 0.6) is 0 Å². The monoisotopic (exact) mass is 328 g/mol. The average molecular weight is 329 g/mol. The van der Waals surface area contributed by atoms with E-state index in [0.717, 1.165) is 18.7 Å². The topological polar surface area (TPSA) is 55.6 Å². The normalized spacial score (nSPS) is 19.3. The maximum atomic E-state index is 10.9. The summed E-state index contributed by atoms with van der Waals surface area (Å²) < 4.78 is 6.24. The van der Waals surface area contributed by atoms with Crippen LogP contribution in [-0.4, -0.2) is 35.1 Å². The number of benzene rings is 1. The fraction of sp³-hybridized carbons (Fsp3) is 0.538. The minimum absolute atomic E-state index is 0.116. The van der Waals surface area contributed by atoms with E-state index in [4.69, 9.17) is 4.74 Å². The third-order valence-corrected chi connectivity index (χ3v) is 4.07. The molecule has 104 valence electrons. The highest BCUT2D eigenvalue weighted by Crippen LogP contribution is 2.30. The Balaban J connectivity index is 2.15. The number of hydrogen-bond donors (Lipinski definition) is 0. The molecule has 1 saturated heterocycles. The maximum absolute atomic E-state index is 10.9. The van der Waals surface area contributed by atoms with Gasteiger partial charge in [-0.05, 0) is 35.3 Å². The van der Waals surface area contributed by atoms with E-state index in [1.807, 2.05) is 6.07 Å². The second-order valence-electron chi connectivity index (χ2n) is 5.33. The Morgan fingerprint density at radius 1 is 1.53 bits per heavy atom. The zero-order valence-corrected chi connectivity index (χ0v) is 12.6. The van der Waals surface area contributed by atoms with Crippen LogP contribution in [0.1, 0.15) is 19.4 Å². The van der Waals surface area contributed by atoms with Crippen molar-refractivity contribution < 1.29 is 9.66 Å². The summed E-state index contributed by atoms with van der Waals surface area (Å²) >= 11 is 3.34. The molecule has 0 aliphatic carbocycles. The van der Waals surface area contributed by atoms with Crippen molar-refractivity contribution >= 4 is 21.6 Å². The number of nitro groups is 1. The fourth-order valence-corrected chi connectivity index (χ4v) is 2.85. The van der Waals surface area contributed by atoms with Crippen molar-refractivity contribution in [2.75, 3.05) is 19.7 Å².